The Morgan fingerprint density at radius 3 is 2.59 bits per heavy atom. The van der Waals surface area contributed by atoms with Gasteiger partial charge >= 0.3 is 0 Å². The van der Waals surface area contributed by atoms with Gasteiger partial charge in [-0.15, -0.1) is 0 Å². The van der Waals surface area contributed by atoms with Crippen LogP contribution in [0.1, 0.15) is 58.1 Å². The molecule has 1 aromatic heterocycles. The van der Waals surface area contributed by atoms with Gasteiger partial charge in [0.05, 0.1) is 6.20 Å². The van der Waals surface area contributed by atoms with Crippen LogP contribution in [-0.2, 0) is 7.05 Å². The van der Waals surface area contributed by atoms with E-state index in [4.69, 9.17) is 0 Å². The number of hydrogen-bond donors (Lipinski definition) is 1. The maximum absolute atomic E-state index is 4.29. The first kappa shape index (κ1) is 14.2. The first-order valence-corrected chi connectivity index (χ1v) is 6.94. The Bertz CT molecular complexity index is 306. The fourth-order valence-electron chi connectivity index (χ4n) is 2.45. The van der Waals surface area contributed by atoms with Crippen molar-refractivity contribution >= 4 is 0 Å². The highest BCUT2D eigenvalue weighted by Crippen LogP contribution is 2.28. The Hall–Kier alpha value is -0.830. The van der Waals surface area contributed by atoms with Gasteiger partial charge in [-0.2, -0.15) is 5.10 Å². The van der Waals surface area contributed by atoms with Crippen molar-refractivity contribution in [2.75, 3.05) is 6.54 Å². The second-order valence-electron chi connectivity index (χ2n) is 4.79. The molecule has 17 heavy (non-hydrogen) atoms. The summed E-state index contributed by atoms with van der Waals surface area (Å²) in [6, 6.07) is 0.463. The van der Waals surface area contributed by atoms with Crippen molar-refractivity contribution in [3.05, 3.63) is 18.0 Å². The van der Waals surface area contributed by atoms with Gasteiger partial charge in [-0.25, -0.2) is 0 Å². The van der Waals surface area contributed by atoms with Crippen LogP contribution in [0.5, 0.6) is 0 Å². The van der Waals surface area contributed by atoms with Gasteiger partial charge in [0, 0.05) is 24.8 Å². The molecule has 0 spiro atoms. The highest BCUT2D eigenvalue weighted by atomic mass is 15.2. The third kappa shape index (κ3) is 4.15. The topological polar surface area (TPSA) is 29.9 Å². The molecule has 1 rings (SSSR count). The van der Waals surface area contributed by atoms with Crippen molar-refractivity contribution in [1.82, 2.24) is 15.1 Å². The van der Waals surface area contributed by atoms with E-state index in [1.807, 2.05) is 17.9 Å². The standard InChI is InChI=1S/C14H27N3/c1-5-8-9-12(6-2)14(15-7-3)13-10-16-17(4)11-13/h10-12,14-15H,5-9H2,1-4H3. The van der Waals surface area contributed by atoms with Gasteiger partial charge in [-0.05, 0) is 18.9 Å². The smallest absolute Gasteiger partial charge is 0.0537 e. The first-order chi connectivity index (χ1) is 8.22. The molecular weight excluding hydrogens is 210 g/mol. The minimum atomic E-state index is 0.463. The molecule has 0 saturated heterocycles. The summed E-state index contributed by atoms with van der Waals surface area (Å²) in [5.41, 5.74) is 1.33. The Morgan fingerprint density at radius 2 is 2.12 bits per heavy atom. The number of nitrogens with one attached hydrogen (secondary N) is 1. The number of hydrogen-bond acceptors (Lipinski definition) is 2. The molecule has 0 aliphatic carbocycles. The van der Waals surface area contributed by atoms with E-state index in [0.717, 1.165) is 12.5 Å². The van der Waals surface area contributed by atoms with E-state index in [-0.39, 0.29) is 0 Å². The lowest BCUT2D eigenvalue weighted by Crippen LogP contribution is -2.27. The quantitative estimate of drug-likeness (QED) is 0.752. The summed E-state index contributed by atoms with van der Waals surface area (Å²) in [6.07, 6.45) is 9.28. The Labute approximate surface area is 106 Å². The number of aryl methyl sites for hydroxylation is 1. The van der Waals surface area contributed by atoms with Crippen LogP contribution in [0.3, 0.4) is 0 Å². The molecule has 2 atom stereocenters. The van der Waals surface area contributed by atoms with E-state index >= 15 is 0 Å². The predicted octanol–water partition coefficient (Wildman–Crippen LogP) is 3.29. The molecule has 98 valence electrons. The lowest BCUT2D eigenvalue weighted by atomic mass is 9.88. The summed E-state index contributed by atoms with van der Waals surface area (Å²) >= 11 is 0. The summed E-state index contributed by atoms with van der Waals surface area (Å²) in [7, 11) is 1.99. The van der Waals surface area contributed by atoms with E-state index in [9.17, 15) is 0 Å². The molecule has 1 aromatic rings. The van der Waals surface area contributed by atoms with Crippen molar-refractivity contribution in [2.45, 2.75) is 52.5 Å². The van der Waals surface area contributed by atoms with Gasteiger partial charge in [0.2, 0.25) is 0 Å². The van der Waals surface area contributed by atoms with Crippen LogP contribution >= 0.6 is 0 Å². The van der Waals surface area contributed by atoms with Gasteiger partial charge in [0.25, 0.3) is 0 Å². The third-order valence-electron chi connectivity index (χ3n) is 3.43. The number of rotatable bonds is 8. The fourth-order valence-corrected chi connectivity index (χ4v) is 2.45. The average molecular weight is 237 g/mol. The molecule has 0 fully saturated rings. The number of aromatic nitrogens is 2. The Kier molecular flexibility index (Phi) is 6.27. The van der Waals surface area contributed by atoms with Crippen LogP contribution in [0.2, 0.25) is 0 Å². The van der Waals surface area contributed by atoms with Gasteiger partial charge < -0.3 is 5.32 Å². The lowest BCUT2D eigenvalue weighted by Gasteiger charge is -2.26. The van der Waals surface area contributed by atoms with Crippen molar-refractivity contribution in [3.63, 3.8) is 0 Å². The molecule has 0 aliphatic heterocycles. The lowest BCUT2D eigenvalue weighted by molar-refractivity contribution is 0.327. The molecule has 0 amide bonds. The summed E-state index contributed by atoms with van der Waals surface area (Å²) in [6.45, 7) is 7.75. The molecule has 0 bridgehead atoms. The molecule has 0 saturated carbocycles. The fraction of sp³-hybridized carbons (Fsp3) is 0.786. The van der Waals surface area contributed by atoms with E-state index in [1.54, 1.807) is 0 Å². The zero-order valence-corrected chi connectivity index (χ0v) is 11.7. The zero-order chi connectivity index (χ0) is 12.7. The molecule has 2 unspecified atom stereocenters. The number of unbranched alkanes of at least 4 members (excludes halogenated alkanes) is 1. The molecule has 3 nitrogen and oxygen atoms in total. The summed E-state index contributed by atoms with van der Waals surface area (Å²) in [4.78, 5) is 0. The Morgan fingerprint density at radius 1 is 1.35 bits per heavy atom. The largest absolute Gasteiger partial charge is 0.310 e. The van der Waals surface area contributed by atoms with Crippen molar-refractivity contribution < 1.29 is 0 Å². The first-order valence-electron chi connectivity index (χ1n) is 6.94. The summed E-state index contributed by atoms with van der Waals surface area (Å²) < 4.78 is 1.90. The van der Waals surface area contributed by atoms with Crippen molar-refractivity contribution in [1.29, 1.82) is 0 Å². The molecule has 1 heterocycles. The summed E-state index contributed by atoms with van der Waals surface area (Å²) in [5, 5.41) is 7.91. The monoisotopic (exact) mass is 237 g/mol. The maximum atomic E-state index is 4.29. The molecule has 0 radical (unpaired) electrons. The molecule has 0 aliphatic rings. The van der Waals surface area contributed by atoms with Crippen molar-refractivity contribution in [2.24, 2.45) is 13.0 Å². The minimum Gasteiger partial charge on any atom is -0.310 e. The highest BCUT2D eigenvalue weighted by molar-refractivity contribution is 5.11. The van der Waals surface area contributed by atoms with E-state index < -0.39 is 0 Å². The van der Waals surface area contributed by atoms with Gasteiger partial charge in [-0.1, -0.05) is 40.0 Å². The SMILES string of the molecule is CCCCC(CC)C(NCC)c1cnn(C)c1. The number of nitrogens with zero attached hydrogens (tertiary/aromatic N) is 2. The van der Waals surface area contributed by atoms with Gasteiger partial charge in [0.1, 0.15) is 0 Å². The van der Waals surface area contributed by atoms with E-state index in [1.165, 1.54) is 31.2 Å². The second kappa shape index (κ2) is 7.49. The van der Waals surface area contributed by atoms with Gasteiger partial charge in [-0.3, -0.25) is 4.68 Å². The molecule has 0 aromatic carbocycles. The van der Waals surface area contributed by atoms with Crippen LogP contribution in [0.15, 0.2) is 12.4 Å². The highest BCUT2D eigenvalue weighted by Gasteiger charge is 2.21. The summed E-state index contributed by atoms with van der Waals surface area (Å²) in [5.74, 6) is 0.721. The normalized spacial score (nSPS) is 14.8. The van der Waals surface area contributed by atoms with Crippen LogP contribution in [0.4, 0.5) is 0 Å². The van der Waals surface area contributed by atoms with Crippen molar-refractivity contribution in [3.8, 4) is 0 Å². The average Bonchev–Trinajstić information content (AvgIpc) is 2.75. The van der Waals surface area contributed by atoms with Crippen LogP contribution in [-0.4, -0.2) is 16.3 Å². The predicted molar refractivity (Wildman–Crippen MR) is 72.9 cm³/mol. The van der Waals surface area contributed by atoms with Crippen LogP contribution < -0.4 is 5.32 Å². The second-order valence-corrected chi connectivity index (χ2v) is 4.79. The minimum absolute atomic E-state index is 0.463. The molecule has 1 N–H and O–H groups in total. The van der Waals surface area contributed by atoms with E-state index in [2.05, 4.69) is 37.4 Å². The third-order valence-corrected chi connectivity index (χ3v) is 3.43. The Balaban J connectivity index is 2.74. The maximum Gasteiger partial charge on any atom is 0.0537 e. The van der Waals surface area contributed by atoms with Crippen LogP contribution in [0.25, 0.3) is 0 Å². The van der Waals surface area contributed by atoms with Gasteiger partial charge in [0.15, 0.2) is 0 Å². The van der Waals surface area contributed by atoms with Crippen LogP contribution in [0, 0.1) is 5.92 Å². The molecule has 3 heteroatoms. The zero-order valence-electron chi connectivity index (χ0n) is 11.7. The molecular formula is C14H27N3. The van der Waals surface area contributed by atoms with E-state index in [0.29, 0.717) is 6.04 Å².